The first-order valence-electron chi connectivity index (χ1n) is 3.04. The Bertz CT molecular complexity index is 316. The van der Waals surface area contributed by atoms with Gasteiger partial charge in [-0.3, -0.25) is 0 Å². The van der Waals surface area contributed by atoms with Crippen molar-refractivity contribution in [2.45, 2.75) is 0 Å². The van der Waals surface area contributed by atoms with Gasteiger partial charge in [0.2, 0.25) is 0 Å². The third-order valence-corrected chi connectivity index (χ3v) is 2.68. The van der Waals surface area contributed by atoms with Crippen molar-refractivity contribution in [2.24, 2.45) is 0 Å². The minimum atomic E-state index is -0.430. The van der Waals surface area contributed by atoms with Crippen molar-refractivity contribution < 1.29 is 9.53 Å². The smallest absolute Gasteiger partial charge is 0.339 e. The number of rotatable bonds is 1. The Morgan fingerprint density at radius 3 is 2.92 bits per heavy atom. The van der Waals surface area contributed by atoms with Crippen molar-refractivity contribution in [1.29, 1.82) is 0 Å². The van der Waals surface area contributed by atoms with Gasteiger partial charge in [0.15, 0.2) is 0 Å². The number of aromatic nitrogens is 1. The molecule has 3 nitrogen and oxygen atoms in total. The van der Waals surface area contributed by atoms with Crippen molar-refractivity contribution in [3.05, 3.63) is 26.5 Å². The Morgan fingerprint density at radius 1 is 1.75 bits per heavy atom. The van der Waals surface area contributed by atoms with E-state index in [-0.39, 0.29) is 0 Å². The van der Waals surface area contributed by atoms with Gasteiger partial charge in [0.25, 0.3) is 0 Å². The highest BCUT2D eigenvalue weighted by Crippen LogP contribution is 2.17. The standard InChI is InChI=1S/C7H5ClINO2/c1-12-7(11)4-2-5(8)6(9)10-3-4/h2-3H,1H3. The summed E-state index contributed by atoms with van der Waals surface area (Å²) in [5.41, 5.74) is 0.364. The largest absolute Gasteiger partial charge is 0.465 e. The van der Waals surface area contributed by atoms with Gasteiger partial charge in [-0.1, -0.05) is 11.6 Å². The maximum atomic E-state index is 11.0. The monoisotopic (exact) mass is 297 g/mol. The van der Waals surface area contributed by atoms with Gasteiger partial charge in [0.05, 0.1) is 17.7 Å². The quantitative estimate of drug-likeness (QED) is 0.453. The fourth-order valence-corrected chi connectivity index (χ4v) is 1.11. The Hall–Kier alpha value is -0.360. The van der Waals surface area contributed by atoms with Crippen LogP contribution in [-0.2, 0) is 4.74 Å². The first-order valence-corrected chi connectivity index (χ1v) is 4.50. The minimum absolute atomic E-state index is 0.364. The van der Waals surface area contributed by atoms with Crippen molar-refractivity contribution in [1.82, 2.24) is 4.98 Å². The second-order valence-corrected chi connectivity index (χ2v) is 3.42. The summed E-state index contributed by atoms with van der Waals surface area (Å²) >= 11 is 7.72. The number of nitrogens with zero attached hydrogens (tertiary/aromatic N) is 1. The van der Waals surface area contributed by atoms with Gasteiger partial charge in [-0.05, 0) is 28.7 Å². The summed E-state index contributed by atoms with van der Waals surface area (Å²) in [5, 5.41) is 0.457. The molecule has 12 heavy (non-hydrogen) atoms. The lowest BCUT2D eigenvalue weighted by Crippen LogP contribution is -2.02. The molecule has 5 heteroatoms. The lowest BCUT2D eigenvalue weighted by molar-refractivity contribution is 0.0600. The molecule has 0 aromatic carbocycles. The summed E-state index contributed by atoms with van der Waals surface area (Å²) in [4.78, 5) is 14.9. The second kappa shape index (κ2) is 4.04. The highest BCUT2D eigenvalue weighted by Gasteiger charge is 2.07. The number of carbonyl (C=O) groups is 1. The van der Waals surface area contributed by atoms with Crippen molar-refractivity contribution >= 4 is 40.2 Å². The third kappa shape index (κ3) is 2.07. The molecule has 0 aliphatic heterocycles. The molecule has 0 saturated heterocycles. The topological polar surface area (TPSA) is 39.2 Å². The number of hydrogen-bond donors (Lipinski definition) is 0. The van der Waals surface area contributed by atoms with Gasteiger partial charge in [-0.15, -0.1) is 0 Å². The molecule has 0 unspecified atom stereocenters. The van der Waals surface area contributed by atoms with Crippen LogP contribution in [0.15, 0.2) is 12.3 Å². The van der Waals surface area contributed by atoms with Gasteiger partial charge >= 0.3 is 5.97 Å². The summed E-state index contributed by atoms with van der Waals surface area (Å²) < 4.78 is 5.16. The fraction of sp³-hybridized carbons (Fsp3) is 0.143. The lowest BCUT2D eigenvalue weighted by Gasteiger charge is -1.99. The Morgan fingerprint density at radius 2 is 2.42 bits per heavy atom. The molecule has 0 aliphatic rings. The van der Waals surface area contributed by atoms with Crippen LogP contribution in [0.2, 0.25) is 5.02 Å². The van der Waals surface area contributed by atoms with Crippen LogP contribution in [0.1, 0.15) is 10.4 Å². The molecule has 0 bridgehead atoms. The third-order valence-electron chi connectivity index (χ3n) is 1.22. The molecule has 0 aliphatic carbocycles. The Labute approximate surface area is 88.2 Å². The molecule has 1 rings (SSSR count). The molecule has 0 saturated carbocycles. The zero-order valence-corrected chi connectivity index (χ0v) is 9.09. The predicted molar refractivity (Wildman–Crippen MR) is 53.3 cm³/mol. The van der Waals surface area contributed by atoms with E-state index in [1.54, 1.807) is 0 Å². The van der Waals surface area contributed by atoms with Crippen LogP contribution in [0.25, 0.3) is 0 Å². The van der Waals surface area contributed by atoms with Crippen LogP contribution in [0.4, 0.5) is 0 Å². The number of halogens is 2. The van der Waals surface area contributed by atoms with E-state index in [1.165, 1.54) is 19.4 Å². The van der Waals surface area contributed by atoms with E-state index < -0.39 is 5.97 Å². The minimum Gasteiger partial charge on any atom is -0.465 e. The molecule has 0 amide bonds. The maximum Gasteiger partial charge on any atom is 0.339 e. The van der Waals surface area contributed by atoms with Gasteiger partial charge in [-0.2, -0.15) is 0 Å². The van der Waals surface area contributed by atoms with Gasteiger partial charge < -0.3 is 4.74 Å². The van der Waals surface area contributed by atoms with Crippen LogP contribution in [0, 0.1) is 3.70 Å². The first-order chi connectivity index (χ1) is 5.65. The number of carbonyl (C=O) groups excluding carboxylic acids is 1. The van der Waals surface area contributed by atoms with Crippen LogP contribution in [0.5, 0.6) is 0 Å². The normalized spacial score (nSPS) is 9.58. The van der Waals surface area contributed by atoms with E-state index in [4.69, 9.17) is 11.6 Å². The average molecular weight is 297 g/mol. The molecule has 1 aromatic rings. The van der Waals surface area contributed by atoms with E-state index in [2.05, 4.69) is 9.72 Å². The number of ether oxygens (including phenoxy) is 1. The fourth-order valence-electron chi connectivity index (χ4n) is 0.651. The summed E-state index contributed by atoms with van der Waals surface area (Å²) in [7, 11) is 1.31. The van der Waals surface area contributed by atoms with Crippen LogP contribution < -0.4 is 0 Å². The summed E-state index contributed by atoms with van der Waals surface area (Å²) in [6.07, 6.45) is 1.43. The maximum absolute atomic E-state index is 11.0. The molecule has 0 N–H and O–H groups in total. The van der Waals surface area contributed by atoms with Crippen LogP contribution in [0.3, 0.4) is 0 Å². The molecule has 64 valence electrons. The van der Waals surface area contributed by atoms with E-state index in [9.17, 15) is 4.79 Å². The number of methoxy groups -OCH3 is 1. The molecule has 1 heterocycles. The predicted octanol–water partition coefficient (Wildman–Crippen LogP) is 2.13. The second-order valence-electron chi connectivity index (χ2n) is 1.99. The van der Waals surface area contributed by atoms with E-state index in [1.807, 2.05) is 22.6 Å². The summed E-state index contributed by atoms with van der Waals surface area (Å²) in [5.74, 6) is -0.430. The van der Waals surface area contributed by atoms with E-state index in [0.717, 1.165) is 0 Å². The van der Waals surface area contributed by atoms with Gasteiger partial charge in [-0.25, -0.2) is 9.78 Å². The zero-order chi connectivity index (χ0) is 9.14. The molecular weight excluding hydrogens is 292 g/mol. The molecule has 0 spiro atoms. The number of pyridine rings is 1. The molecule has 1 aromatic heterocycles. The van der Waals surface area contributed by atoms with Crippen molar-refractivity contribution in [3.8, 4) is 0 Å². The molecule has 0 radical (unpaired) electrons. The van der Waals surface area contributed by atoms with Gasteiger partial charge in [0.1, 0.15) is 3.70 Å². The van der Waals surface area contributed by atoms with Crippen molar-refractivity contribution in [2.75, 3.05) is 7.11 Å². The lowest BCUT2D eigenvalue weighted by atomic mass is 10.3. The number of hydrogen-bond acceptors (Lipinski definition) is 3. The van der Waals surface area contributed by atoms with E-state index in [0.29, 0.717) is 14.3 Å². The van der Waals surface area contributed by atoms with Crippen LogP contribution in [-0.4, -0.2) is 18.1 Å². The summed E-state index contributed by atoms with van der Waals surface area (Å²) in [6.45, 7) is 0. The zero-order valence-electron chi connectivity index (χ0n) is 6.17. The average Bonchev–Trinajstić information content (AvgIpc) is 2.08. The van der Waals surface area contributed by atoms with E-state index >= 15 is 0 Å². The summed E-state index contributed by atoms with van der Waals surface area (Å²) in [6, 6.07) is 1.53. The number of esters is 1. The molecule has 0 fully saturated rings. The van der Waals surface area contributed by atoms with Crippen molar-refractivity contribution in [3.63, 3.8) is 0 Å². The first kappa shape index (κ1) is 9.73. The highest BCUT2D eigenvalue weighted by molar-refractivity contribution is 14.1. The highest BCUT2D eigenvalue weighted by atomic mass is 127. The Kier molecular flexibility index (Phi) is 3.28. The molecule has 0 atom stereocenters. The Balaban J connectivity index is 3.05. The SMILES string of the molecule is COC(=O)c1cnc(I)c(Cl)c1. The molecular formula is C7H5ClINO2. The van der Waals surface area contributed by atoms with Gasteiger partial charge in [0, 0.05) is 6.20 Å². The van der Waals surface area contributed by atoms with Crippen LogP contribution >= 0.6 is 34.2 Å².